The molecule has 3 saturated heterocycles. The molecule has 12 heteroatoms. The predicted molar refractivity (Wildman–Crippen MR) is 197 cm³/mol. The number of carbonyl (C=O) groups excluding carboxylic acids is 3. The van der Waals surface area contributed by atoms with Gasteiger partial charge in [0, 0.05) is 74.4 Å². The van der Waals surface area contributed by atoms with Gasteiger partial charge < -0.3 is 25.0 Å². The van der Waals surface area contributed by atoms with Gasteiger partial charge in [0.25, 0.3) is 5.91 Å². The number of hydrogen-bond donors (Lipinski definition) is 3. The highest BCUT2D eigenvalue weighted by atomic mass is 16.5. The number of amides is 3. The Kier molecular flexibility index (Phi) is 9.04. The maximum atomic E-state index is 13.1. The second-order valence-electron chi connectivity index (χ2n) is 14.7. The molecule has 12 nitrogen and oxygen atoms in total. The summed E-state index contributed by atoms with van der Waals surface area (Å²) in [7, 11) is 1.66. The zero-order valence-corrected chi connectivity index (χ0v) is 29.7. The van der Waals surface area contributed by atoms with E-state index in [1.54, 1.807) is 18.1 Å². The molecular formula is C40H45N7O5. The Morgan fingerprint density at radius 2 is 1.71 bits per heavy atom. The van der Waals surface area contributed by atoms with E-state index in [0.29, 0.717) is 43.4 Å². The number of imide groups is 1. The fourth-order valence-electron chi connectivity index (χ4n) is 8.23. The highest BCUT2D eigenvalue weighted by molar-refractivity contribution is 6.05. The smallest absolute Gasteiger partial charge is 0.255 e. The molecule has 1 aromatic heterocycles. The van der Waals surface area contributed by atoms with Gasteiger partial charge in [-0.15, -0.1) is 0 Å². The fourth-order valence-corrected chi connectivity index (χ4v) is 8.23. The van der Waals surface area contributed by atoms with Crippen LogP contribution < -0.4 is 20.3 Å². The van der Waals surface area contributed by atoms with Crippen molar-refractivity contribution in [2.24, 2.45) is 0 Å². The molecular weight excluding hydrogens is 658 g/mol. The van der Waals surface area contributed by atoms with Crippen LogP contribution >= 0.6 is 0 Å². The molecule has 8 rings (SSSR count). The van der Waals surface area contributed by atoms with Crippen LogP contribution in [-0.4, -0.2) is 88.0 Å². The number of aromatic nitrogens is 2. The Balaban J connectivity index is 0.823. The Bertz CT molecular complexity index is 2020. The van der Waals surface area contributed by atoms with Gasteiger partial charge in [-0.05, 0) is 86.1 Å². The lowest BCUT2D eigenvalue weighted by molar-refractivity contribution is -0.136. The summed E-state index contributed by atoms with van der Waals surface area (Å²) in [6.45, 7) is 6.55. The number of rotatable bonds is 8. The van der Waals surface area contributed by atoms with Crippen molar-refractivity contribution in [3.05, 3.63) is 88.6 Å². The van der Waals surface area contributed by atoms with E-state index < -0.39 is 17.6 Å². The van der Waals surface area contributed by atoms with Gasteiger partial charge in [-0.3, -0.25) is 24.6 Å². The topological polar surface area (TPSA) is 140 Å². The van der Waals surface area contributed by atoms with Gasteiger partial charge >= 0.3 is 0 Å². The minimum absolute atomic E-state index is 0.200. The second-order valence-corrected chi connectivity index (χ2v) is 14.7. The van der Waals surface area contributed by atoms with Crippen molar-refractivity contribution in [3.63, 3.8) is 0 Å². The number of nitrogens with zero attached hydrogens (tertiary/aromatic N) is 5. The van der Waals surface area contributed by atoms with Crippen LogP contribution in [0.3, 0.4) is 0 Å². The van der Waals surface area contributed by atoms with Crippen LogP contribution in [-0.2, 0) is 28.3 Å². The molecule has 3 amide bonds. The number of piperidine rings is 3. The molecule has 270 valence electrons. The molecule has 4 aliphatic heterocycles. The molecule has 0 aliphatic carbocycles. The number of anilines is 2. The number of nitrogens with one attached hydrogen (secondary N) is 2. The molecule has 52 heavy (non-hydrogen) atoms. The first kappa shape index (κ1) is 34.0. The highest BCUT2D eigenvalue weighted by Gasteiger charge is 2.41. The Morgan fingerprint density at radius 1 is 0.942 bits per heavy atom. The van der Waals surface area contributed by atoms with Crippen molar-refractivity contribution < 1.29 is 24.2 Å². The summed E-state index contributed by atoms with van der Waals surface area (Å²) < 4.78 is 5.39. The standard InChI is InChI=1S/C40H45N7O5/c1-25-32-10-8-31(52-2)22-34(32)43-39(41-25)42-29-13-17-46(18-14-29)30-6-3-26(4-7-30)23-45-19-15-40(51,16-20-45)28-5-9-33-27(21-28)24-47(38(33)50)35-11-12-36(48)44-37(35)49/h3-10,21-22,29,35,51H,11-20,23-24H2,1-2H3,(H,41,42,43)(H,44,48,49). The van der Waals surface area contributed by atoms with E-state index in [9.17, 15) is 19.5 Å². The first-order valence-corrected chi connectivity index (χ1v) is 18.3. The SMILES string of the molecule is COc1ccc2c(C)nc(NC3CCN(c4ccc(CN5CCC(O)(c6ccc7c(c6)CN(C6CCC(=O)NC6=O)C7=O)CC5)cc4)CC3)nc2c1. The zero-order chi connectivity index (χ0) is 36.0. The summed E-state index contributed by atoms with van der Waals surface area (Å²) >= 11 is 0. The molecule has 3 N–H and O–H groups in total. The molecule has 0 spiro atoms. The van der Waals surface area contributed by atoms with E-state index in [2.05, 4.69) is 44.7 Å². The molecule has 5 heterocycles. The number of carbonyl (C=O) groups is 3. The van der Waals surface area contributed by atoms with E-state index in [-0.39, 0.29) is 18.2 Å². The van der Waals surface area contributed by atoms with Crippen molar-refractivity contribution in [3.8, 4) is 5.75 Å². The van der Waals surface area contributed by atoms with E-state index in [1.807, 2.05) is 37.3 Å². The molecule has 4 aromatic rings. The van der Waals surface area contributed by atoms with Gasteiger partial charge in [0.2, 0.25) is 17.8 Å². The van der Waals surface area contributed by atoms with Crippen LogP contribution in [0.15, 0.2) is 60.7 Å². The fraction of sp³-hybridized carbons (Fsp3) is 0.425. The summed E-state index contributed by atoms with van der Waals surface area (Å²) in [4.78, 5) is 53.0. The summed E-state index contributed by atoms with van der Waals surface area (Å²) in [6.07, 6.45) is 3.73. The van der Waals surface area contributed by atoms with E-state index >= 15 is 0 Å². The van der Waals surface area contributed by atoms with Gasteiger partial charge in [-0.2, -0.15) is 0 Å². The van der Waals surface area contributed by atoms with Crippen molar-refractivity contribution in [1.29, 1.82) is 0 Å². The lowest BCUT2D eigenvalue weighted by Gasteiger charge is -2.39. The monoisotopic (exact) mass is 703 g/mol. The number of hydrogen-bond acceptors (Lipinski definition) is 10. The van der Waals surface area contributed by atoms with E-state index in [0.717, 1.165) is 79.0 Å². The number of ether oxygens (including phenoxy) is 1. The summed E-state index contributed by atoms with van der Waals surface area (Å²) in [5, 5.41) is 18.7. The van der Waals surface area contributed by atoms with Gasteiger partial charge in [0.1, 0.15) is 11.8 Å². The normalized spacial score (nSPS) is 21.0. The van der Waals surface area contributed by atoms with Crippen molar-refractivity contribution in [1.82, 2.24) is 25.1 Å². The van der Waals surface area contributed by atoms with Gasteiger partial charge in [-0.25, -0.2) is 9.97 Å². The van der Waals surface area contributed by atoms with Gasteiger partial charge in [0.05, 0.1) is 23.9 Å². The number of methoxy groups -OCH3 is 1. The number of fused-ring (bicyclic) bond motifs is 2. The molecule has 0 bridgehead atoms. The average molecular weight is 704 g/mol. The number of aryl methyl sites for hydroxylation is 1. The van der Waals surface area contributed by atoms with Crippen LogP contribution in [0.4, 0.5) is 11.6 Å². The number of aliphatic hydroxyl groups is 1. The lowest BCUT2D eigenvalue weighted by atomic mass is 9.83. The van der Waals surface area contributed by atoms with Crippen molar-refractivity contribution >= 4 is 40.3 Å². The summed E-state index contributed by atoms with van der Waals surface area (Å²) in [5.74, 6) is 0.533. The first-order chi connectivity index (χ1) is 25.2. The van der Waals surface area contributed by atoms with Crippen LogP contribution in [0.25, 0.3) is 10.9 Å². The largest absolute Gasteiger partial charge is 0.497 e. The van der Waals surface area contributed by atoms with Crippen LogP contribution in [0, 0.1) is 6.92 Å². The maximum absolute atomic E-state index is 13.1. The van der Waals surface area contributed by atoms with E-state index in [4.69, 9.17) is 14.7 Å². The first-order valence-electron chi connectivity index (χ1n) is 18.3. The summed E-state index contributed by atoms with van der Waals surface area (Å²) in [6, 6.07) is 20.0. The Labute approximate surface area is 303 Å². The van der Waals surface area contributed by atoms with E-state index in [1.165, 1.54) is 11.3 Å². The molecule has 1 unspecified atom stereocenters. The minimum Gasteiger partial charge on any atom is -0.497 e. The molecule has 0 radical (unpaired) electrons. The highest BCUT2D eigenvalue weighted by Crippen LogP contribution is 2.37. The van der Waals surface area contributed by atoms with Crippen molar-refractivity contribution in [2.75, 3.05) is 43.5 Å². The van der Waals surface area contributed by atoms with Crippen LogP contribution in [0.2, 0.25) is 0 Å². The third kappa shape index (κ3) is 6.68. The molecule has 0 saturated carbocycles. The number of benzene rings is 3. The number of likely N-dealkylation sites (tertiary alicyclic amines) is 1. The van der Waals surface area contributed by atoms with Gasteiger partial charge in [-0.1, -0.05) is 24.3 Å². The third-order valence-electron chi connectivity index (χ3n) is 11.4. The zero-order valence-electron chi connectivity index (χ0n) is 29.7. The molecule has 3 aromatic carbocycles. The molecule has 1 atom stereocenters. The summed E-state index contributed by atoms with van der Waals surface area (Å²) in [5.41, 5.74) is 5.52. The maximum Gasteiger partial charge on any atom is 0.255 e. The minimum atomic E-state index is -0.978. The second kappa shape index (κ2) is 13.8. The van der Waals surface area contributed by atoms with Crippen LogP contribution in [0.1, 0.15) is 71.3 Å². The molecule has 3 fully saturated rings. The average Bonchev–Trinajstić information content (AvgIpc) is 3.48. The molecule has 4 aliphatic rings. The predicted octanol–water partition coefficient (Wildman–Crippen LogP) is 4.27. The Morgan fingerprint density at radius 3 is 2.44 bits per heavy atom. The quantitative estimate of drug-likeness (QED) is 0.228. The van der Waals surface area contributed by atoms with Crippen molar-refractivity contribution in [2.45, 2.75) is 76.2 Å². The lowest BCUT2D eigenvalue weighted by Crippen LogP contribution is -2.52. The van der Waals surface area contributed by atoms with Gasteiger partial charge in [0.15, 0.2) is 0 Å². The third-order valence-corrected chi connectivity index (χ3v) is 11.4. The Hall–Kier alpha value is -5.07. The van der Waals surface area contributed by atoms with Crippen LogP contribution in [0.5, 0.6) is 5.75 Å².